The number of ether oxygens (including phenoxy) is 1. The first-order chi connectivity index (χ1) is 8.51. The molecule has 1 atom stereocenters. The van der Waals surface area contributed by atoms with Crippen molar-refractivity contribution in [3.8, 4) is 5.75 Å². The summed E-state index contributed by atoms with van der Waals surface area (Å²) in [6, 6.07) is 7.97. The normalized spacial score (nSPS) is 22.2. The maximum Gasteiger partial charge on any atom is 0.193 e. The monoisotopic (exact) mass is 247 g/mol. The van der Waals surface area contributed by atoms with Crippen molar-refractivity contribution < 1.29 is 4.74 Å². The number of anilines is 1. The zero-order chi connectivity index (χ0) is 13.2. The summed E-state index contributed by atoms with van der Waals surface area (Å²) in [5, 5.41) is 3.10. The van der Waals surface area contributed by atoms with E-state index in [1.54, 1.807) is 7.11 Å². The average molecular weight is 247 g/mol. The largest absolute Gasteiger partial charge is 0.497 e. The molecule has 0 saturated heterocycles. The van der Waals surface area contributed by atoms with Gasteiger partial charge in [-0.1, -0.05) is 13.8 Å². The van der Waals surface area contributed by atoms with Crippen LogP contribution in [0.3, 0.4) is 0 Å². The topological polar surface area (TPSA) is 59.6 Å². The Balaban J connectivity index is 1.98. The summed E-state index contributed by atoms with van der Waals surface area (Å²) in [5.41, 5.74) is 7.12. The SMILES string of the molecule is COc1ccc(NC(N)=NC2CCC2(C)C)cc1. The summed E-state index contributed by atoms with van der Waals surface area (Å²) in [5.74, 6) is 1.31. The van der Waals surface area contributed by atoms with Crippen LogP contribution in [-0.4, -0.2) is 19.1 Å². The van der Waals surface area contributed by atoms with Crippen molar-refractivity contribution in [2.45, 2.75) is 32.7 Å². The third kappa shape index (κ3) is 2.75. The Kier molecular flexibility index (Phi) is 3.45. The van der Waals surface area contributed by atoms with Crippen molar-refractivity contribution in [2.75, 3.05) is 12.4 Å². The fraction of sp³-hybridized carbons (Fsp3) is 0.500. The summed E-state index contributed by atoms with van der Waals surface area (Å²) in [6.45, 7) is 4.46. The Labute approximate surface area is 108 Å². The highest BCUT2D eigenvalue weighted by atomic mass is 16.5. The van der Waals surface area contributed by atoms with Crippen LogP contribution in [0.15, 0.2) is 29.3 Å². The second kappa shape index (κ2) is 4.88. The molecule has 0 heterocycles. The molecule has 3 N–H and O–H groups in total. The fourth-order valence-electron chi connectivity index (χ4n) is 2.11. The van der Waals surface area contributed by atoms with Gasteiger partial charge in [-0.15, -0.1) is 0 Å². The van der Waals surface area contributed by atoms with Crippen molar-refractivity contribution in [1.82, 2.24) is 0 Å². The molecule has 2 rings (SSSR count). The van der Waals surface area contributed by atoms with Crippen LogP contribution >= 0.6 is 0 Å². The lowest BCUT2D eigenvalue weighted by atomic mass is 9.68. The molecule has 0 aliphatic heterocycles. The van der Waals surface area contributed by atoms with Crippen LogP contribution < -0.4 is 15.8 Å². The van der Waals surface area contributed by atoms with Gasteiger partial charge in [0, 0.05) is 5.69 Å². The quantitative estimate of drug-likeness (QED) is 0.637. The summed E-state index contributed by atoms with van der Waals surface area (Å²) in [4.78, 5) is 4.52. The number of guanidine groups is 1. The maximum absolute atomic E-state index is 5.92. The second-order valence-electron chi connectivity index (χ2n) is 5.41. The van der Waals surface area contributed by atoms with E-state index in [9.17, 15) is 0 Å². The minimum absolute atomic E-state index is 0.284. The van der Waals surface area contributed by atoms with E-state index in [-0.39, 0.29) is 5.41 Å². The Morgan fingerprint density at radius 3 is 2.50 bits per heavy atom. The lowest BCUT2D eigenvalue weighted by Gasteiger charge is -2.41. The molecule has 0 bridgehead atoms. The van der Waals surface area contributed by atoms with Crippen LogP contribution in [0.4, 0.5) is 5.69 Å². The molecule has 4 heteroatoms. The van der Waals surface area contributed by atoms with E-state index >= 15 is 0 Å². The number of hydrogen-bond acceptors (Lipinski definition) is 2. The minimum Gasteiger partial charge on any atom is -0.497 e. The summed E-state index contributed by atoms with van der Waals surface area (Å²) < 4.78 is 5.10. The molecule has 98 valence electrons. The molecular weight excluding hydrogens is 226 g/mol. The smallest absolute Gasteiger partial charge is 0.193 e. The molecule has 0 spiro atoms. The highest BCUT2D eigenvalue weighted by molar-refractivity contribution is 5.92. The molecule has 1 aromatic carbocycles. The standard InChI is InChI=1S/C14H21N3O/c1-14(2)9-8-12(14)17-13(15)16-10-4-6-11(18-3)7-5-10/h4-7,12H,8-9H2,1-3H3,(H3,15,16,17). The highest BCUT2D eigenvalue weighted by Gasteiger charge is 2.38. The van der Waals surface area contributed by atoms with Gasteiger partial charge in [-0.3, -0.25) is 0 Å². The zero-order valence-electron chi connectivity index (χ0n) is 11.2. The molecule has 18 heavy (non-hydrogen) atoms. The van der Waals surface area contributed by atoms with Gasteiger partial charge in [0.05, 0.1) is 13.2 Å². The zero-order valence-corrected chi connectivity index (χ0v) is 11.2. The van der Waals surface area contributed by atoms with Gasteiger partial charge < -0.3 is 15.8 Å². The van der Waals surface area contributed by atoms with Crippen molar-refractivity contribution >= 4 is 11.6 Å². The van der Waals surface area contributed by atoms with Gasteiger partial charge in [-0.05, 0) is 42.5 Å². The van der Waals surface area contributed by atoms with Crippen LogP contribution in [0, 0.1) is 5.41 Å². The number of nitrogens with one attached hydrogen (secondary N) is 1. The number of hydrogen-bond donors (Lipinski definition) is 2. The van der Waals surface area contributed by atoms with Crippen LogP contribution in [0.1, 0.15) is 26.7 Å². The van der Waals surface area contributed by atoms with Crippen molar-refractivity contribution in [3.63, 3.8) is 0 Å². The van der Waals surface area contributed by atoms with E-state index in [0.29, 0.717) is 12.0 Å². The molecule has 0 radical (unpaired) electrons. The lowest BCUT2D eigenvalue weighted by molar-refractivity contribution is 0.145. The molecule has 1 unspecified atom stereocenters. The lowest BCUT2D eigenvalue weighted by Crippen LogP contribution is -2.40. The van der Waals surface area contributed by atoms with Gasteiger partial charge in [0.25, 0.3) is 0 Å². The predicted octanol–water partition coefficient (Wildman–Crippen LogP) is 2.61. The first-order valence-electron chi connectivity index (χ1n) is 6.25. The first kappa shape index (κ1) is 12.7. The van der Waals surface area contributed by atoms with E-state index in [4.69, 9.17) is 10.5 Å². The van der Waals surface area contributed by atoms with Crippen molar-refractivity contribution in [2.24, 2.45) is 16.1 Å². The number of rotatable bonds is 3. The predicted molar refractivity (Wildman–Crippen MR) is 75.0 cm³/mol. The van der Waals surface area contributed by atoms with E-state index in [1.165, 1.54) is 6.42 Å². The van der Waals surface area contributed by atoms with Crippen LogP contribution in [0.5, 0.6) is 5.75 Å². The number of nitrogens with zero attached hydrogens (tertiary/aromatic N) is 1. The number of nitrogens with two attached hydrogens (primary N) is 1. The van der Waals surface area contributed by atoms with Crippen molar-refractivity contribution in [1.29, 1.82) is 0 Å². The maximum atomic E-state index is 5.92. The van der Waals surface area contributed by atoms with Gasteiger partial charge in [0.1, 0.15) is 5.75 Å². The van der Waals surface area contributed by atoms with Gasteiger partial charge in [-0.2, -0.15) is 0 Å². The number of aliphatic imine (C=N–C) groups is 1. The Bertz CT molecular complexity index is 437. The summed E-state index contributed by atoms with van der Waals surface area (Å²) in [6.07, 6.45) is 2.34. The van der Waals surface area contributed by atoms with E-state index < -0.39 is 0 Å². The van der Waals surface area contributed by atoms with E-state index in [0.717, 1.165) is 17.9 Å². The van der Waals surface area contributed by atoms with Gasteiger partial charge in [-0.25, -0.2) is 4.99 Å². The van der Waals surface area contributed by atoms with Gasteiger partial charge >= 0.3 is 0 Å². The summed E-state index contributed by atoms with van der Waals surface area (Å²) in [7, 11) is 1.65. The van der Waals surface area contributed by atoms with Crippen molar-refractivity contribution in [3.05, 3.63) is 24.3 Å². The molecule has 1 aliphatic rings. The average Bonchev–Trinajstić information content (AvgIpc) is 2.36. The van der Waals surface area contributed by atoms with Crippen LogP contribution in [0.2, 0.25) is 0 Å². The molecule has 0 amide bonds. The molecule has 1 saturated carbocycles. The molecule has 4 nitrogen and oxygen atoms in total. The fourth-order valence-corrected chi connectivity index (χ4v) is 2.11. The highest BCUT2D eigenvalue weighted by Crippen LogP contribution is 2.42. The molecule has 0 aromatic heterocycles. The Morgan fingerprint density at radius 1 is 1.39 bits per heavy atom. The molecule has 1 aliphatic carbocycles. The van der Waals surface area contributed by atoms with Gasteiger partial charge in [0.2, 0.25) is 0 Å². The number of benzene rings is 1. The van der Waals surface area contributed by atoms with Crippen LogP contribution in [-0.2, 0) is 0 Å². The molecule has 1 fully saturated rings. The molecule has 1 aromatic rings. The minimum atomic E-state index is 0.284. The Hall–Kier alpha value is -1.71. The van der Waals surface area contributed by atoms with E-state index in [2.05, 4.69) is 24.2 Å². The molecular formula is C14H21N3O. The second-order valence-corrected chi connectivity index (χ2v) is 5.41. The first-order valence-corrected chi connectivity index (χ1v) is 6.25. The van der Waals surface area contributed by atoms with Crippen LogP contribution in [0.25, 0.3) is 0 Å². The number of methoxy groups -OCH3 is 1. The summed E-state index contributed by atoms with van der Waals surface area (Å²) >= 11 is 0. The third-order valence-electron chi connectivity index (χ3n) is 3.62. The Morgan fingerprint density at radius 2 is 2.06 bits per heavy atom. The third-order valence-corrected chi connectivity index (χ3v) is 3.62. The van der Waals surface area contributed by atoms with Gasteiger partial charge in [0.15, 0.2) is 5.96 Å². The van der Waals surface area contributed by atoms with E-state index in [1.807, 2.05) is 24.3 Å².